The van der Waals surface area contributed by atoms with Crippen LogP contribution in [0, 0.1) is 0 Å². The fourth-order valence-electron chi connectivity index (χ4n) is 1.01. The van der Waals surface area contributed by atoms with E-state index in [1.54, 1.807) is 0 Å². The van der Waals surface area contributed by atoms with Crippen LogP contribution in [0.1, 0.15) is 13.3 Å². The molecule has 1 saturated heterocycles. The van der Waals surface area contributed by atoms with Crippen LogP contribution in [0.2, 0.25) is 0 Å². The molecule has 0 aromatic rings. The van der Waals surface area contributed by atoms with Gasteiger partial charge in [0.15, 0.2) is 0 Å². The van der Waals surface area contributed by atoms with Crippen LogP contribution in [0.4, 0.5) is 0 Å². The Labute approximate surface area is 59.3 Å². The number of hydrogen-bond donors (Lipinski definition) is 0. The van der Waals surface area contributed by atoms with Crippen molar-refractivity contribution in [2.45, 2.75) is 19.4 Å². The predicted octanol–water partition coefficient (Wildman–Crippen LogP) is 0.320. The highest BCUT2D eigenvalue weighted by molar-refractivity contribution is 6.04. The van der Waals surface area contributed by atoms with Crippen molar-refractivity contribution in [2.75, 3.05) is 0 Å². The molecule has 1 heterocycles. The van der Waals surface area contributed by atoms with E-state index in [4.69, 9.17) is 0 Å². The zero-order valence-corrected chi connectivity index (χ0v) is 5.83. The Kier molecular flexibility index (Phi) is 1.57. The Morgan fingerprint density at radius 2 is 2.50 bits per heavy atom. The van der Waals surface area contributed by atoms with Crippen LogP contribution < -0.4 is 0 Å². The van der Waals surface area contributed by atoms with Crippen molar-refractivity contribution < 1.29 is 9.59 Å². The lowest BCUT2D eigenvalue weighted by Gasteiger charge is -2.35. The molecule has 1 fully saturated rings. The Balaban J connectivity index is 2.63. The van der Waals surface area contributed by atoms with Gasteiger partial charge in [-0.1, -0.05) is 6.58 Å². The van der Waals surface area contributed by atoms with Gasteiger partial charge < -0.3 is 0 Å². The Bertz CT molecular complexity index is 198. The van der Waals surface area contributed by atoms with E-state index in [0.29, 0.717) is 6.42 Å². The van der Waals surface area contributed by atoms with E-state index >= 15 is 0 Å². The molecule has 1 atom stereocenters. The largest absolute Gasteiger partial charge is 0.276 e. The first-order valence-electron chi connectivity index (χ1n) is 3.15. The van der Waals surface area contributed by atoms with E-state index in [-0.39, 0.29) is 17.9 Å². The minimum Gasteiger partial charge on any atom is -0.276 e. The average molecular weight is 139 g/mol. The van der Waals surface area contributed by atoms with Crippen LogP contribution in [0.3, 0.4) is 0 Å². The highest BCUT2D eigenvalue weighted by Gasteiger charge is 2.35. The highest BCUT2D eigenvalue weighted by atomic mass is 16.2. The van der Waals surface area contributed by atoms with Gasteiger partial charge in [0, 0.05) is 12.5 Å². The molecule has 0 N–H and O–H groups in total. The second-order valence-corrected chi connectivity index (χ2v) is 2.36. The Morgan fingerprint density at radius 1 is 1.90 bits per heavy atom. The molecule has 1 unspecified atom stereocenters. The van der Waals surface area contributed by atoms with E-state index in [0.717, 1.165) is 6.08 Å². The van der Waals surface area contributed by atoms with Crippen LogP contribution in [0.5, 0.6) is 0 Å². The maximum Gasteiger partial charge on any atom is 0.252 e. The molecule has 0 radical (unpaired) electrons. The third kappa shape index (κ3) is 0.835. The number of nitrogens with zero attached hydrogens (tertiary/aromatic N) is 1. The van der Waals surface area contributed by atoms with Crippen molar-refractivity contribution in [3.8, 4) is 0 Å². The van der Waals surface area contributed by atoms with Crippen molar-refractivity contribution in [2.24, 2.45) is 0 Å². The molecule has 54 valence electrons. The minimum absolute atomic E-state index is 0.0676. The van der Waals surface area contributed by atoms with Crippen LogP contribution in [-0.2, 0) is 9.59 Å². The second kappa shape index (κ2) is 2.25. The van der Waals surface area contributed by atoms with Gasteiger partial charge in [0.1, 0.15) is 0 Å². The molecule has 0 saturated carbocycles. The van der Waals surface area contributed by atoms with Gasteiger partial charge in [-0.2, -0.15) is 0 Å². The normalized spacial score (nSPS) is 23.9. The summed E-state index contributed by atoms with van der Waals surface area (Å²) < 4.78 is 0. The van der Waals surface area contributed by atoms with Gasteiger partial charge in [0.25, 0.3) is 5.91 Å². The molecule has 3 heteroatoms. The summed E-state index contributed by atoms with van der Waals surface area (Å²) in [6, 6.07) is 0.0676. The van der Waals surface area contributed by atoms with E-state index in [1.807, 2.05) is 6.92 Å². The first-order valence-corrected chi connectivity index (χ1v) is 3.15. The Morgan fingerprint density at radius 3 is 2.70 bits per heavy atom. The van der Waals surface area contributed by atoms with Crippen LogP contribution in [0.15, 0.2) is 12.7 Å². The topological polar surface area (TPSA) is 37.4 Å². The van der Waals surface area contributed by atoms with Crippen molar-refractivity contribution >= 4 is 11.8 Å². The first kappa shape index (κ1) is 6.99. The quantitative estimate of drug-likeness (QED) is 0.387. The molecule has 0 spiro atoms. The van der Waals surface area contributed by atoms with Gasteiger partial charge >= 0.3 is 0 Å². The molecule has 2 amide bonds. The number of β-lactam (4-membered cyclic amide) rings is 1. The third-order valence-electron chi connectivity index (χ3n) is 1.59. The fraction of sp³-hybridized carbons (Fsp3) is 0.429. The molecule has 10 heavy (non-hydrogen) atoms. The molecule has 0 aliphatic carbocycles. The van der Waals surface area contributed by atoms with E-state index in [9.17, 15) is 9.59 Å². The van der Waals surface area contributed by atoms with E-state index in [2.05, 4.69) is 6.58 Å². The van der Waals surface area contributed by atoms with Crippen molar-refractivity contribution in [3.63, 3.8) is 0 Å². The highest BCUT2D eigenvalue weighted by Crippen LogP contribution is 2.18. The molecule has 1 aliphatic heterocycles. The maximum atomic E-state index is 10.8. The average Bonchev–Trinajstić information content (AvgIpc) is 1.87. The molecule has 3 nitrogen and oxygen atoms in total. The number of likely N-dealkylation sites (tertiary alicyclic amines) is 1. The predicted molar refractivity (Wildman–Crippen MR) is 36.1 cm³/mol. The molecule has 0 aromatic heterocycles. The standard InChI is InChI=1S/C7H9NO2/c1-3-6(9)8-5(2)4-7(8)10/h3,5H,1,4H2,2H3. The zero-order chi connectivity index (χ0) is 7.72. The molecule has 0 aromatic carbocycles. The Hall–Kier alpha value is -1.12. The van der Waals surface area contributed by atoms with Crippen LogP contribution >= 0.6 is 0 Å². The fourth-order valence-corrected chi connectivity index (χ4v) is 1.01. The lowest BCUT2D eigenvalue weighted by atomic mass is 10.0. The molecule has 1 aliphatic rings. The summed E-state index contributed by atoms with van der Waals surface area (Å²) >= 11 is 0. The summed E-state index contributed by atoms with van der Waals surface area (Å²) in [7, 11) is 0. The SMILES string of the molecule is C=CC(=O)N1C(=O)CC1C. The van der Waals surface area contributed by atoms with Gasteiger partial charge in [-0.25, -0.2) is 0 Å². The third-order valence-corrected chi connectivity index (χ3v) is 1.59. The maximum absolute atomic E-state index is 10.8. The second-order valence-electron chi connectivity index (χ2n) is 2.36. The molecular formula is C7H9NO2. The summed E-state index contributed by atoms with van der Waals surface area (Å²) in [4.78, 5) is 22.7. The number of amides is 2. The minimum atomic E-state index is -0.288. The summed E-state index contributed by atoms with van der Waals surface area (Å²) in [5, 5.41) is 0. The van der Waals surface area contributed by atoms with Crippen molar-refractivity contribution in [1.82, 2.24) is 4.90 Å². The lowest BCUT2D eigenvalue weighted by Crippen LogP contribution is -2.53. The molecular weight excluding hydrogens is 130 g/mol. The molecule has 0 bridgehead atoms. The van der Waals surface area contributed by atoms with Crippen molar-refractivity contribution in [3.05, 3.63) is 12.7 Å². The first-order chi connectivity index (χ1) is 4.66. The smallest absolute Gasteiger partial charge is 0.252 e. The van der Waals surface area contributed by atoms with Gasteiger partial charge in [-0.3, -0.25) is 14.5 Å². The van der Waals surface area contributed by atoms with Gasteiger partial charge in [0.05, 0.1) is 0 Å². The summed E-state index contributed by atoms with van der Waals surface area (Å²) in [5.74, 6) is -0.388. The number of carbonyl (C=O) groups is 2. The zero-order valence-electron chi connectivity index (χ0n) is 5.83. The van der Waals surface area contributed by atoms with E-state index < -0.39 is 0 Å². The lowest BCUT2D eigenvalue weighted by molar-refractivity contribution is -0.154. The van der Waals surface area contributed by atoms with Gasteiger partial charge in [-0.05, 0) is 13.0 Å². The van der Waals surface area contributed by atoms with Crippen LogP contribution in [0.25, 0.3) is 0 Å². The van der Waals surface area contributed by atoms with Gasteiger partial charge in [-0.15, -0.1) is 0 Å². The number of carbonyl (C=O) groups excluding carboxylic acids is 2. The van der Waals surface area contributed by atoms with Gasteiger partial charge in [0.2, 0.25) is 5.91 Å². The number of hydrogen-bond acceptors (Lipinski definition) is 2. The number of imide groups is 1. The van der Waals surface area contributed by atoms with Crippen LogP contribution in [-0.4, -0.2) is 22.8 Å². The molecule has 1 rings (SSSR count). The van der Waals surface area contributed by atoms with E-state index in [1.165, 1.54) is 4.90 Å². The number of rotatable bonds is 1. The summed E-state index contributed by atoms with van der Waals surface area (Å²) in [6.45, 7) is 5.13. The monoisotopic (exact) mass is 139 g/mol. The summed E-state index contributed by atoms with van der Waals surface area (Å²) in [5.41, 5.74) is 0. The van der Waals surface area contributed by atoms with Crippen molar-refractivity contribution in [1.29, 1.82) is 0 Å². The summed E-state index contributed by atoms with van der Waals surface area (Å²) in [6.07, 6.45) is 1.65.